The van der Waals surface area contributed by atoms with Crippen molar-refractivity contribution < 1.29 is 0 Å². The molecular formula is C11H13N7O2. The van der Waals surface area contributed by atoms with Gasteiger partial charge in [0.1, 0.15) is 5.82 Å². The lowest BCUT2D eigenvalue weighted by atomic mass is 10.5. The summed E-state index contributed by atoms with van der Waals surface area (Å²) in [5.74, 6) is 1.00. The van der Waals surface area contributed by atoms with E-state index >= 15 is 0 Å². The predicted molar refractivity (Wildman–Crippen MR) is 71.6 cm³/mol. The van der Waals surface area contributed by atoms with Crippen molar-refractivity contribution >= 4 is 11.2 Å². The number of hydrogen-bond donors (Lipinski definition) is 2. The van der Waals surface area contributed by atoms with Gasteiger partial charge in [-0.05, 0) is 0 Å². The molecule has 3 aromatic heterocycles. The average Bonchev–Trinajstić information content (AvgIpc) is 3.08. The van der Waals surface area contributed by atoms with Crippen LogP contribution in [0.1, 0.15) is 5.82 Å². The maximum atomic E-state index is 12.1. The van der Waals surface area contributed by atoms with Crippen LogP contribution in [-0.2, 0) is 20.6 Å². The Labute approximate surface area is 112 Å². The van der Waals surface area contributed by atoms with E-state index in [1.54, 1.807) is 24.0 Å². The number of nitrogens with one attached hydrogen (secondary N) is 1. The van der Waals surface area contributed by atoms with Crippen LogP contribution >= 0.6 is 0 Å². The first-order chi connectivity index (χ1) is 9.54. The summed E-state index contributed by atoms with van der Waals surface area (Å²) in [5, 5.41) is 0. The molecule has 0 unspecified atom stereocenters. The Bertz CT molecular complexity index is 911. The third kappa shape index (κ3) is 1.53. The summed E-state index contributed by atoms with van der Waals surface area (Å²) >= 11 is 0. The number of nitrogens with two attached hydrogens (primary N) is 1. The van der Waals surface area contributed by atoms with E-state index in [4.69, 9.17) is 5.73 Å². The lowest BCUT2D eigenvalue weighted by Crippen LogP contribution is -2.36. The van der Waals surface area contributed by atoms with Crippen LogP contribution in [-0.4, -0.2) is 28.7 Å². The highest BCUT2D eigenvalue weighted by atomic mass is 16.2. The van der Waals surface area contributed by atoms with Gasteiger partial charge in [-0.1, -0.05) is 0 Å². The molecule has 104 valence electrons. The quantitative estimate of drug-likeness (QED) is 0.597. The average molecular weight is 275 g/mol. The number of H-pyrrole nitrogens is 1. The summed E-state index contributed by atoms with van der Waals surface area (Å²) in [5.41, 5.74) is 5.30. The van der Waals surface area contributed by atoms with Gasteiger partial charge in [0, 0.05) is 26.5 Å². The number of imidazole rings is 2. The summed E-state index contributed by atoms with van der Waals surface area (Å²) in [4.78, 5) is 35.2. The van der Waals surface area contributed by atoms with E-state index in [-0.39, 0.29) is 12.1 Å². The smallest absolute Gasteiger partial charge is 0.324 e. The maximum Gasteiger partial charge on any atom is 0.332 e. The van der Waals surface area contributed by atoms with Crippen LogP contribution in [0.2, 0.25) is 0 Å². The van der Waals surface area contributed by atoms with Crippen LogP contribution in [0, 0.1) is 0 Å². The lowest BCUT2D eigenvalue weighted by molar-refractivity contribution is 0.708. The third-order valence-corrected chi connectivity index (χ3v) is 3.21. The molecule has 0 aliphatic rings. The van der Waals surface area contributed by atoms with Gasteiger partial charge in [0.25, 0.3) is 5.56 Å². The van der Waals surface area contributed by atoms with Crippen molar-refractivity contribution in [2.45, 2.75) is 6.54 Å². The molecule has 3 rings (SSSR count). The first-order valence-electron chi connectivity index (χ1n) is 5.93. The number of rotatable bonds is 2. The fraction of sp³-hybridized carbons (Fsp3) is 0.273. The number of nitrogens with zero attached hydrogens (tertiary/aromatic N) is 5. The van der Waals surface area contributed by atoms with Crippen molar-refractivity contribution in [3.8, 4) is 5.95 Å². The maximum absolute atomic E-state index is 12.1. The van der Waals surface area contributed by atoms with Crippen molar-refractivity contribution in [3.63, 3.8) is 0 Å². The van der Waals surface area contributed by atoms with Crippen molar-refractivity contribution in [3.05, 3.63) is 39.1 Å². The Kier molecular flexibility index (Phi) is 2.57. The number of aromatic nitrogens is 6. The standard InChI is InChI=1S/C11H13N7O2/c1-16-8-7(9(19)17(2)11(16)20)14-10(15-8)18-4-3-13-6(18)5-12/h3-4H,5,12H2,1-2H3,(H,14,15). The minimum absolute atomic E-state index is 0.237. The van der Waals surface area contributed by atoms with E-state index in [1.807, 2.05) is 0 Å². The zero-order chi connectivity index (χ0) is 14.4. The highest BCUT2D eigenvalue weighted by Crippen LogP contribution is 2.10. The monoisotopic (exact) mass is 275 g/mol. The molecule has 20 heavy (non-hydrogen) atoms. The van der Waals surface area contributed by atoms with E-state index in [2.05, 4.69) is 15.0 Å². The molecule has 0 spiro atoms. The highest BCUT2D eigenvalue weighted by Gasteiger charge is 2.15. The Morgan fingerprint density at radius 1 is 1.30 bits per heavy atom. The zero-order valence-corrected chi connectivity index (χ0v) is 11.0. The fourth-order valence-corrected chi connectivity index (χ4v) is 2.11. The topological polar surface area (TPSA) is 117 Å². The van der Waals surface area contributed by atoms with Gasteiger partial charge < -0.3 is 10.7 Å². The summed E-state index contributed by atoms with van der Waals surface area (Å²) in [6, 6.07) is 0. The minimum Gasteiger partial charge on any atom is -0.324 e. The van der Waals surface area contributed by atoms with Gasteiger partial charge in [-0.2, -0.15) is 4.98 Å². The Morgan fingerprint density at radius 3 is 2.75 bits per heavy atom. The molecule has 3 aromatic rings. The van der Waals surface area contributed by atoms with E-state index in [1.165, 1.54) is 11.6 Å². The van der Waals surface area contributed by atoms with Crippen molar-refractivity contribution in [2.24, 2.45) is 19.8 Å². The first-order valence-corrected chi connectivity index (χ1v) is 5.93. The van der Waals surface area contributed by atoms with Crippen LogP contribution in [0.15, 0.2) is 22.0 Å². The molecule has 0 aliphatic carbocycles. The Balaban J connectivity index is 2.37. The molecule has 3 heterocycles. The minimum atomic E-state index is -0.426. The molecule has 0 aliphatic heterocycles. The van der Waals surface area contributed by atoms with Crippen molar-refractivity contribution in [1.29, 1.82) is 0 Å². The molecule has 9 nitrogen and oxygen atoms in total. The van der Waals surface area contributed by atoms with Gasteiger partial charge in [-0.25, -0.2) is 9.78 Å². The van der Waals surface area contributed by atoms with Crippen LogP contribution in [0.5, 0.6) is 0 Å². The zero-order valence-electron chi connectivity index (χ0n) is 11.0. The van der Waals surface area contributed by atoms with E-state index in [9.17, 15) is 9.59 Å². The fourth-order valence-electron chi connectivity index (χ4n) is 2.11. The van der Waals surface area contributed by atoms with Gasteiger partial charge in [0.15, 0.2) is 11.2 Å². The van der Waals surface area contributed by atoms with E-state index < -0.39 is 11.2 Å². The summed E-state index contributed by atoms with van der Waals surface area (Å²) in [7, 11) is 2.99. The SMILES string of the molecule is Cn1c(=O)c2[nH]c(-n3ccnc3CN)nc2n(C)c1=O. The predicted octanol–water partition coefficient (Wildman–Crippen LogP) is -1.40. The summed E-state index contributed by atoms with van der Waals surface area (Å²) < 4.78 is 3.99. The van der Waals surface area contributed by atoms with Crippen molar-refractivity contribution in [2.75, 3.05) is 0 Å². The van der Waals surface area contributed by atoms with Crippen LogP contribution in [0.4, 0.5) is 0 Å². The second-order valence-electron chi connectivity index (χ2n) is 4.38. The van der Waals surface area contributed by atoms with Gasteiger partial charge in [0.05, 0.1) is 6.54 Å². The van der Waals surface area contributed by atoms with Crippen LogP contribution in [0.25, 0.3) is 17.1 Å². The van der Waals surface area contributed by atoms with Crippen molar-refractivity contribution in [1.82, 2.24) is 28.7 Å². The molecular weight excluding hydrogens is 262 g/mol. The molecule has 0 radical (unpaired) electrons. The molecule has 3 N–H and O–H groups in total. The van der Waals surface area contributed by atoms with Gasteiger partial charge in [-0.3, -0.25) is 18.5 Å². The molecule has 0 atom stereocenters. The molecule has 0 amide bonds. The Morgan fingerprint density at radius 2 is 2.05 bits per heavy atom. The second-order valence-corrected chi connectivity index (χ2v) is 4.38. The summed E-state index contributed by atoms with van der Waals surface area (Å²) in [6.07, 6.45) is 3.27. The largest absolute Gasteiger partial charge is 0.332 e. The number of hydrogen-bond acceptors (Lipinski definition) is 5. The highest BCUT2D eigenvalue weighted by molar-refractivity contribution is 5.71. The van der Waals surface area contributed by atoms with Gasteiger partial charge in [0.2, 0.25) is 5.95 Å². The number of aryl methyl sites for hydroxylation is 1. The summed E-state index contributed by atoms with van der Waals surface area (Å²) in [6.45, 7) is 0.237. The molecule has 0 saturated carbocycles. The number of fused-ring (bicyclic) bond motifs is 1. The van der Waals surface area contributed by atoms with Crippen LogP contribution < -0.4 is 17.0 Å². The van der Waals surface area contributed by atoms with Crippen LogP contribution in [0.3, 0.4) is 0 Å². The second kappa shape index (κ2) is 4.17. The first kappa shape index (κ1) is 12.4. The Hall–Kier alpha value is -2.68. The van der Waals surface area contributed by atoms with E-state index in [0.29, 0.717) is 17.4 Å². The van der Waals surface area contributed by atoms with E-state index in [0.717, 1.165) is 4.57 Å². The third-order valence-electron chi connectivity index (χ3n) is 3.21. The number of aromatic amines is 1. The normalized spacial score (nSPS) is 11.3. The molecule has 9 heteroatoms. The molecule has 0 fully saturated rings. The molecule has 0 aromatic carbocycles. The van der Waals surface area contributed by atoms with Gasteiger partial charge >= 0.3 is 5.69 Å². The molecule has 0 saturated heterocycles. The lowest BCUT2D eigenvalue weighted by Gasteiger charge is -2.00. The van der Waals surface area contributed by atoms with Gasteiger partial charge in [-0.15, -0.1) is 0 Å². The molecule has 0 bridgehead atoms.